The maximum Gasteiger partial charge on any atom is 0.240 e. The fourth-order valence-corrected chi connectivity index (χ4v) is 4.35. The molecule has 0 radical (unpaired) electrons. The summed E-state index contributed by atoms with van der Waals surface area (Å²) in [7, 11) is -1.30. The van der Waals surface area contributed by atoms with Crippen LogP contribution in [0.1, 0.15) is 18.1 Å². The fourth-order valence-electron chi connectivity index (χ4n) is 2.86. The molecule has 1 heterocycles. The predicted octanol–water partition coefficient (Wildman–Crippen LogP) is 1.47. The van der Waals surface area contributed by atoms with E-state index in [1.54, 1.807) is 6.07 Å². The Bertz CT molecular complexity index is 623. The molecule has 1 saturated heterocycles. The zero-order valence-corrected chi connectivity index (χ0v) is 15.5. The fraction of sp³-hybridized carbons (Fsp3) is 0.647. The van der Waals surface area contributed by atoms with Gasteiger partial charge in [-0.25, -0.2) is 13.1 Å². The van der Waals surface area contributed by atoms with Gasteiger partial charge in [-0.3, -0.25) is 0 Å². The zero-order chi connectivity index (χ0) is 17.0. The second kappa shape index (κ2) is 7.75. The van der Waals surface area contributed by atoms with Gasteiger partial charge in [0.05, 0.1) is 4.90 Å². The van der Waals surface area contributed by atoms with Gasteiger partial charge in [-0.1, -0.05) is 19.1 Å². The van der Waals surface area contributed by atoms with Crippen molar-refractivity contribution < 1.29 is 8.42 Å². The quantitative estimate of drug-likeness (QED) is 0.853. The Kier molecular flexibility index (Phi) is 6.19. The third-order valence-corrected chi connectivity index (χ3v) is 5.99. The maximum absolute atomic E-state index is 12.5. The third-order valence-electron chi connectivity index (χ3n) is 4.42. The number of nitrogens with zero attached hydrogens (tertiary/aromatic N) is 2. The van der Waals surface area contributed by atoms with Crippen molar-refractivity contribution in [2.45, 2.75) is 25.7 Å². The molecular formula is C17H29N3O2S. The van der Waals surface area contributed by atoms with Gasteiger partial charge in [0, 0.05) is 39.3 Å². The van der Waals surface area contributed by atoms with E-state index in [1.165, 1.54) is 0 Å². The molecule has 1 aromatic rings. The summed E-state index contributed by atoms with van der Waals surface area (Å²) < 4.78 is 27.8. The van der Waals surface area contributed by atoms with Gasteiger partial charge in [0.25, 0.3) is 0 Å². The highest BCUT2D eigenvalue weighted by Gasteiger charge is 2.20. The van der Waals surface area contributed by atoms with Crippen LogP contribution < -0.4 is 4.72 Å². The van der Waals surface area contributed by atoms with Crippen molar-refractivity contribution in [3.05, 3.63) is 29.3 Å². The number of rotatable bonds is 6. The van der Waals surface area contributed by atoms with E-state index in [0.717, 1.165) is 43.9 Å². The molecule has 0 unspecified atom stereocenters. The van der Waals surface area contributed by atoms with Crippen molar-refractivity contribution >= 4 is 10.0 Å². The lowest BCUT2D eigenvalue weighted by Crippen LogP contribution is -2.46. The van der Waals surface area contributed by atoms with E-state index >= 15 is 0 Å². The van der Waals surface area contributed by atoms with E-state index in [4.69, 9.17) is 0 Å². The van der Waals surface area contributed by atoms with Crippen LogP contribution in [0.25, 0.3) is 0 Å². The standard InChI is InChI=1S/C17H29N3O2S/c1-14-5-6-16(3)17(11-14)23(21,22)18-12-15(2)13-20-9-7-19(4)8-10-20/h5-6,11,15,18H,7-10,12-13H2,1-4H3/t15-/m0/s1. The molecule has 0 saturated carbocycles. The zero-order valence-electron chi connectivity index (χ0n) is 14.7. The van der Waals surface area contributed by atoms with Gasteiger partial charge >= 0.3 is 0 Å². The topological polar surface area (TPSA) is 52.7 Å². The first-order chi connectivity index (χ1) is 10.8. The SMILES string of the molecule is Cc1ccc(C)c(S(=O)(=O)NC[C@H](C)CN2CCN(C)CC2)c1. The lowest BCUT2D eigenvalue weighted by molar-refractivity contribution is 0.139. The molecule has 1 N–H and O–H groups in total. The van der Waals surface area contributed by atoms with E-state index in [2.05, 4.69) is 28.5 Å². The number of likely N-dealkylation sites (N-methyl/N-ethyl adjacent to an activating group) is 1. The molecule has 0 aliphatic carbocycles. The number of hydrogen-bond acceptors (Lipinski definition) is 4. The van der Waals surface area contributed by atoms with Crippen LogP contribution in [0.15, 0.2) is 23.1 Å². The number of benzene rings is 1. The van der Waals surface area contributed by atoms with Gasteiger partial charge in [-0.2, -0.15) is 0 Å². The molecule has 0 spiro atoms. The number of aryl methyl sites for hydroxylation is 2. The number of sulfonamides is 1. The van der Waals surface area contributed by atoms with Crippen molar-refractivity contribution in [3.8, 4) is 0 Å². The molecule has 2 rings (SSSR count). The minimum Gasteiger partial charge on any atom is -0.304 e. The molecule has 0 amide bonds. The smallest absolute Gasteiger partial charge is 0.240 e. The summed E-state index contributed by atoms with van der Waals surface area (Å²) in [6.45, 7) is 11.5. The Balaban J connectivity index is 1.90. The molecular weight excluding hydrogens is 310 g/mol. The Morgan fingerprint density at radius 1 is 1.17 bits per heavy atom. The van der Waals surface area contributed by atoms with Crippen LogP contribution in [0.2, 0.25) is 0 Å². The Hall–Kier alpha value is -0.950. The average molecular weight is 340 g/mol. The predicted molar refractivity (Wildman–Crippen MR) is 94.2 cm³/mol. The summed E-state index contributed by atoms with van der Waals surface area (Å²) in [5.41, 5.74) is 1.75. The lowest BCUT2D eigenvalue weighted by Gasteiger charge is -2.33. The van der Waals surface area contributed by atoms with Gasteiger partial charge in [-0.15, -0.1) is 0 Å². The lowest BCUT2D eigenvalue weighted by atomic mass is 10.1. The van der Waals surface area contributed by atoms with Crippen molar-refractivity contribution in [2.24, 2.45) is 5.92 Å². The first kappa shape index (κ1) is 18.4. The Labute approximate surface area is 140 Å². The second-order valence-corrected chi connectivity index (χ2v) is 8.57. The molecule has 1 fully saturated rings. The highest BCUT2D eigenvalue weighted by Crippen LogP contribution is 2.16. The van der Waals surface area contributed by atoms with Crippen LogP contribution in [0.4, 0.5) is 0 Å². The van der Waals surface area contributed by atoms with Gasteiger partial charge < -0.3 is 9.80 Å². The van der Waals surface area contributed by atoms with Crippen LogP contribution in [0.5, 0.6) is 0 Å². The van der Waals surface area contributed by atoms with Crippen LogP contribution in [-0.4, -0.2) is 64.5 Å². The minimum atomic E-state index is -3.43. The first-order valence-electron chi connectivity index (χ1n) is 8.26. The normalized spacial score (nSPS) is 19.0. The summed E-state index contributed by atoms with van der Waals surface area (Å²) in [6.07, 6.45) is 0. The van der Waals surface area contributed by atoms with Crippen molar-refractivity contribution in [2.75, 3.05) is 46.3 Å². The molecule has 0 bridgehead atoms. The van der Waals surface area contributed by atoms with Crippen molar-refractivity contribution in [1.29, 1.82) is 0 Å². The first-order valence-corrected chi connectivity index (χ1v) is 9.74. The van der Waals surface area contributed by atoms with E-state index < -0.39 is 10.0 Å². The highest BCUT2D eigenvalue weighted by molar-refractivity contribution is 7.89. The van der Waals surface area contributed by atoms with Crippen LogP contribution in [0, 0.1) is 19.8 Å². The monoisotopic (exact) mass is 339 g/mol. The molecule has 1 atom stereocenters. The number of piperazine rings is 1. The van der Waals surface area contributed by atoms with Crippen molar-refractivity contribution in [3.63, 3.8) is 0 Å². The summed E-state index contributed by atoms with van der Waals surface area (Å²) in [5.74, 6) is 0.290. The molecule has 1 aromatic carbocycles. The average Bonchev–Trinajstić information content (AvgIpc) is 2.50. The largest absolute Gasteiger partial charge is 0.304 e. The molecule has 1 aliphatic rings. The number of nitrogens with one attached hydrogen (secondary N) is 1. The minimum absolute atomic E-state index is 0.290. The summed E-state index contributed by atoms with van der Waals surface area (Å²) in [4.78, 5) is 5.13. The highest BCUT2D eigenvalue weighted by atomic mass is 32.2. The Morgan fingerprint density at radius 2 is 1.83 bits per heavy atom. The van der Waals surface area contributed by atoms with E-state index in [9.17, 15) is 8.42 Å². The van der Waals surface area contributed by atoms with Gasteiger partial charge in [0.15, 0.2) is 0 Å². The van der Waals surface area contributed by atoms with Crippen LogP contribution >= 0.6 is 0 Å². The number of hydrogen-bond donors (Lipinski definition) is 1. The van der Waals surface area contributed by atoms with Crippen molar-refractivity contribution in [1.82, 2.24) is 14.5 Å². The summed E-state index contributed by atoms with van der Waals surface area (Å²) in [5, 5.41) is 0. The molecule has 6 heteroatoms. The van der Waals surface area contributed by atoms with E-state index in [1.807, 2.05) is 26.0 Å². The van der Waals surface area contributed by atoms with Gasteiger partial charge in [-0.05, 0) is 44.0 Å². The summed E-state index contributed by atoms with van der Waals surface area (Å²) in [6, 6.07) is 5.53. The molecule has 0 aromatic heterocycles. The molecule has 130 valence electrons. The molecule has 1 aliphatic heterocycles. The summed E-state index contributed by atoms with van der Waals surface area (Å²) >= 11 is 0. The molecule has 5 nitrogen and oxygen atoms in total. The second-order valence-electron chi connectivity index (χ2n) is 6.83. The maximum atomic E-state index is 12.5. The Morgan fingerprint density at radius 3 is 2.48 bits per heavy atom. The van der Waals surface area contributed by atoms with Gasteiger partial charge in [0.1, 0.15) is 0 Å². The van der Waals surface area contributed by atoms with Crippen LogP contribution in [0.3, 0.4) is 0 Å². The van der Waals surface area contributed by atoms with Gasteiger partial charge in [0.2, 0.25) is 10.0 Å². The van der Waals surface area contributed by atoms with Crippen LogP contribution in [-0.2, 0) is 10.0 Å². The van der Waals surface area contributed by atoms with E-state index in [-0.39, 0.29) is 0 Å². The third kappa shape index (κ3) is 5.28. The molecule has 23 heavy (non-hydrogen) atoms. The van der Waals surface area contributed by atoms with E-state index in [0.29, 0.717) is 17.4 Å².